The molecule has 25 heavy (non-hydrogen) atoms. The Morgan fingerprint density at radius 1 is 1.24 bits per heavy atom. The lowest BCUT2D eigenvalue weighted by Crippen LogP contribution is -2.35. The monoisotopic (exact) mass is 406 g/mol. The molecule has 0 radical (unpaired) electrons. The highest BCUT2D eigenvalue weighted by molar-refractivity contribution is 7.91. The number of sulfone groups is 1. The summed E-state index contributed by atoms with van der Waals surface area (Å²) >= 11 is 6.05. The first-order valence-electron chi connectivity index (χ1n) is 8.00. The van der Waals surface area contributed by atoms with Gasteiger partial charge >= 0.3 is 0 Å². The molecule has 0 bridgehead atoms. The molecule has 0 aliphatic carbocycles. The van der Waals surface area contributed by atoms with E-state index in [1.54, 1.807) is 0 Å². The van der Waals surface area contributed by atoms with Crippen LogP contribution in [0.25, 0.3) is 0 Å². The van der Waals surface area contributed by atoms with E-state index in [4.69, 9.17) is 11.6 Å². The number of hydrogen-bond donors (Lipinski definition) is 1. The van der Waals surface area contributed by atoms with Gasteiger partial charge in [-0.25, -0.2) is 16.8 Å². The predicted octanol–water partition coefficient (Wildman–Crippen LogP) is 1.04. The van der Waals surface area contributed by atoms with E-state index in [-0.39, 0.29) is 27.0 Å². The summed E-state index contributed by atoms with van der Waals surface area (Å²) in [6.45, 7) is 0.879. The first-order valence-corrected chi connectivity index (χ1v) is 11.6. The van der Waals surface area contributed by atoms with Gasteiger partial charge in [-0.2, -0.15) is 4.31 Å². The normalized spacial score (nSPS) is 23.6. The van der Waals surface area contributed by atoms with Crippen molar-refractivity contribution in [3.63, 3.8) is 0 Å². The molecule has 138 valence electrons. The second-order valence-electron chi connectivity index (χ2n) is 6.33. The molecule has 2 heterocycles. The van der Waals surface area contributed by atoms with Crippen molar-refractivity contribution < 1.29 is 21.6 Å². The van der Waals surface area contributed by atoms with E-state index in [1.165, 1.54) is 22.5 Å². The summed E-state index contributed by atoms with van der Waals surface area (Å²) in [5.74, 6) is -0.546. The van der Waals surface area contributed by atoms with Crippen LogP contribution in [0.1, 0.15) is 29.6 Å². The fourth-order valence-corrected chi connectivity index (χ4v) is 6.78. The highest BCUT2D eigenvalue weighted by atomic mass is 35.5. The average molecular weight is 407 g/mol. The molecule has 1 aromatic rings. The third kappa shape index (κ3) is 3.99. The van der Waals surface area contributed by atoms with Crippen LogP contribution in [0.15, 0.2) is 23.1 Å². The highest BCUT2D eigenvalue weighted by Gasteiger charge is 2.31. The molecule has 1 atom stereocenters. The maximum absolute atomic E-state index is 12.7. The summed E-state index contributed by atoms with van der Waals surface area (Å²) in [7, 11) is -6.86. The van der Waals surface area contributed by atoms with E-state index in [0.29, 0.717) is 19.5 Å². The van der Waals surface area contributed by atoms with Crippen molar-refractivity contribution in [1.82, 2.24) is 9.62 Å². The Hall–Kier alpha value is -1.16. The van der Waals surface area contributed by atoms with Gasteiger partial charge in [0, 0.05) is 24.7 Å². The van der Waals surface area contributed by atoms with Crippen molar-refractivity contribution in [2.24, 2.45) is 0 Å². The number of halogens is 1. The maximum Gasteiger partial charge on any atom is 0.251 e. The van der Waals surface area contributed by atoms with Crippen LogP contribution in [-0.4, -0.2) is 57.7 Å². The Balaban J connectivity index is 1.83. The lowest BCUT2D eigenvalue weighted by Gasteiger charge is -2.17. The Kier molecular flexibility index (Phi) is 5.11. The maximum atomic E-state index is 12.7. The molecule has 1 aromatic carbocycles. The number of nitrogens with one attached hydrogen (secondary N) is 1. The molecule has 0 aromatic heterocycles. The molecule has 2 saturated heterocycles. The molecule has 1 amide bonds. The van der Waals surface area contributed by atoms with Crippen LogP contribution < -0.4 is 5.32 Å². The van der Waals surface area contributed by atoms with E-state index < -0.39 is 31.8 Å². The highest BCUT2D eigenvalue weighted by Crippen LogP contribution is 2.28. The minimum Gasteiger partial charge on any atom is -0.348 e. The van der Waals surface area contributed by atoms with Crippen LogP contribution in [0.4, 0.5) is 0 Å². The molecular weight excluding hydrogens is 388 g/mol. The van der Waals surface area contributed by atoms with Gasteiger partial charge < -0.3 is 5.32 Å². The first kappa shape index (κ1) is 18.6. The number of amides is 1. The predicted molar refractivity (Wildman–Crippen MR) is 94.0 cm³/mol. The summed E-state index contributed by atoms with van der Waals surface area (Å²) in [6, 6.07) is 3.62. The SMILES string of the molecule is O=C(N[C@H]1CCS(=O)(=O)C1)c1ccc(Cl)c(S(=O)(=O)N2CCCC2)c1. The van der Waals surface area contributed by atoms with E-state index in [0.717, 1.165) is 12.8 Å². The van der Waals surface area contributed by atoms with Crippen molar-refractivity contribution in [3.8, 4) is 0 Å². The van der Waals surface area contributed by atoms with Gasteiger partial charge in [0.05, 0.1) is 16.5 Å². The molecule has 0 unspecified atom stereocenters. The Bertz CT molecular complexity index is 892. The van der Waals surface area contributed by atoms with Crippen molar-refractivity contribution in [3.05, 3.63) is 28.8 Å². The third-order valence-electron chi connectivity index (χ3n) is 4.44. The fourth-order valence-electron chi connectivity index (χ4n) is 3.09. The molecule has 2 aliphatic rings. The second kappa shape index (κ2) is 6.86. The first-order chi connectivity index (χ1) is 11.7. The van der Waals surface area contributed by atoms with Gasteiger partial charge in [0.1, 0.15) is 4.90 Å². The fraction of sp³-hybridized carbons (Fsp3) is 0.533. The minimum atomic E-state index is -3.75. The van der Waals surface area contributed by atoms with Crippen LogP contribution in [0.5, 0.6) is 0 Å². The summed E-state index contributed by atoms with van der Waals surface area (Å²) in [6.07, 6.45) is 1.96. The lowest BCUT2D eigenvalue weighted by molar-refractivity contribution is 0.0941. The number of rotatable bonds is 4. The molecule has 0 spiro atoms. The molecule has 3 rings (SSSR count). The largest absolute Gasteiger partial charge is 0.348 e. The van der Waals surface area contributed by atoms with Crippen LogP contribution >= 0.6 is 11.6 Å². The van der Waals surface area contributed by atoms with Crippen molar-refractivity contribution in [2.45, 2.75) is 30.2 Å². The van der Waals surface area contributed by atoms with Gasteiger partial charge in [0.2, 0.25) is 10.0 Å². The molecule has 7 nitrogen and oxygen atoms in total. The zero-order valence-corrected chi connectivity index (χ0v) is 15.8. The van der Waals surface area contributed by atoms with E-state index >= 15 is 0 Å². The van der Waals surface area contributed by atoms with Crippen molar-refractivity contribution >= 4 is 37.4 Å². The van der Waals surface area contributed by atoms with Gasteiger partial charge in [0.25, 0.3) is 5.91 Å². The quantitative estimate of drug-likeness (QED) is 0.805. The van der Waals surface area contributed by atoms with Gasteiger partial charge in [-0.05, 0) is 37.5 Å². The van der Waals surface area contributed by atoms with Crippen LogP contribution in [0.3, 0.4) is 0 Å². The van der Waals surface area contributed by atoms with Gasteiger partial charge in [-0.15, -0.1) is 0 Å². The zero-order valence-electron chi connectivity index (χ0n) is 13.4. The minimum absolute atomic E-state index is 0.0488. The van der Waals surface area contributed by atoms with E-state index in [2.05, 4.69) is 5.32 Å². The van der Waals surface area contributed by atoms with Crippen molar-refractivity contribution in [1.29, 1.82) is 0 Å². The molecule has 10 heteroatoms. The topological polar surface area (TPSA) is 101 Å². The lowest BCUT2D eigenvalue weighted by atomic mass is 10.2. The standard InChI is InChI=1S/C15H19ClN2O5S2/c16-13-4-3-11(15(19)17-12-5-8-24(20,21)10-12)9-14(13)25(22,23)18-6-1-2-7-18/h3-4,9,12H,1-2,5-8,10H2,(H,17,19)/t12-/m0/s1. The van der Waals surface area contributed by atoms with Gasteiger partial charge in [-0.3, -0.25) is 4.79 Å². The molecular formula is C15H19ClN2O5S2. The number of sulfonamides is 1. The Labute approximate surface area is 152 Å². The van der Waals surface area contributed by atoms with E-state index in [1.807, 2.05) is 0 Å². The molecule has 0 saturated carbocycles. The van der Waals surface area contributed by atoms with Gasteiger partial charge in [0.15, 0.2) is 9.84 Å². The smallest absolute Gasteiger partial charge is 0.251 e. The zero-order chi connectivity index (χ0) is 18.2. The number of hydrogen-bond acceptors (Lipinski definition) is 5. The van der Waals surface area contributed by atoms with Crippen LogP contribution in [0, 0.1) is 0 Å². The Morgan fingerprint density at radius 3 is 2.52 bits per heavy atom. The van der Waals surface area contributed by atoms with Crippen LogP contribution in [-0.2, 0) is 19.9 Å². The number of carbonyl (C=O) groups excluding carboxylic acids is 1. The Morgan fingerprint density at radius 2 is 1.92 bits per heavy atom. The van der Waals surface area contributed by atoms with Crippen molar-refractivity contribution in [2.75, 3.05) is 24.6 Å². The van der Waals surface area contributed by atoms with E-state index in [9.17, 15) is 21.6 Å². The summed E-state index contributed by atoms with van der Waals surface area (Å²) in [5.41, 5.74) is 0.145. The number of carbonyl (C=O) groups is 1. The number of nitrogens with zero attached hydrogens (tertiary/aromatic N) is 1. The van der Waals surface area contributed by atoms with Crippen LogP contribution in [0.2, 0.25) is 5.02 Å². The summed E-state index contributed by atoms with van der Waals surface area (Å²) < 4.78 is 49.7. The van der Waals surface area contributed by atoms with Gasteiger partial charge in [-0.1, -0.05) is 11.6 Å². The molecule has 2 aliphatic heterocycles. The summed E-state index contributed by atoms with van der Waals surface area (Å²) in [5, 5.41) is 2.71. The second-order valence-corrected chi connectivity index (χ2v) is 10.9. The average Bonchev–Trinajstić information content (AvgIpc) is 3.17. The molecule has 2 fully saturated rings. The molecule has 1 N–H and O–H groups in total. The third-order valence-corrected chi connectivity index (χ3v) is 8.59. The number of benzene rings is 1. The summed E-state index contributed by atoms with van der Waals surface area (Å²) in [4.78, 5) is 12.3.